The third-order valence-corrected chi connectivity index (χ3v) is 4.22. The average Bonchev–Trinajstić information content (AvgIpc) is 2.89. The van der Waals surface area contributed by atoms with Crippen LogP contribution >= 0.6 is 15.9 Å². The van der Waals surface area contributed by atoms with Gasteiger partial charge in [-0.05, 0) is 17.7 Å². The molecule has 23 heavy (non-hydrogen) atoms. The highest BCUT2D eigenvalue weighted by Crippen LogP contribution is 2.20. The number of imidazole rings is 1. The molecule has 0 aliphatic carbocycles. The van der Waals surface area contributed by atoms with Gasteiger partial charge in [-0.1, -0.05) is 28.1 Å². The molecule has 8 heteroatoms. The summed E-state index contributed by atoms with van der Waals surface area (Å²) in [6, 6.07) is 8.03. The summed E-state index contributed by atoms with van der Waals surface area (Å²) in [5, 5.41) is 0. The van der Waals surface area contributed by atoms with Crippen molar-refractivity contribution in [2.45, 2.75) is 6.54 Å². The Hall–Kier alpha value is -2.35. The van der Waals surface area contributed by atoms with Gasteiger partial charge in [0, 0.05) is 18.6 Å². The van der Waals surface area contributed by atoms with E-state index in [0.29, 0.717) is 23.7 Å². The van der Waals surface area contributed by atoms with E-state index < -0.39 is 11.2 Å². The maximum Gasteiger partial charge on any atom is 0.332 e. The van der Waals surface area contributed by atoms with Crippen LogP contribution in [0.15, 0.2) is 38.3 Å². The second kappa shape index (κ2) is 5.69. The molecule has 1 aromatic carbocycles. The predicted molar refractivity (Wildman–Crippen MR) is 90.0 cm³/mol. The molecular formula is C15H15BrN4O3. The number of rotatable bonds is 3. The molecule has 0 saturated carbocycles. The third-order valence-electron chi connectivity index (χ3n) is 3.73. The summed E-state index contributed by atoms with van der Waals surface area (Å²) >= 11 is 3.43. The van der Waals surface area contributed by atoms with E-state index in [0.717, 1.165) is 14.6 Å². The van der Waals surface area contributed by atoms with Crippen LogP contribution in [0, 0.1) is 0 Å². The molecule has 3 rings (SSSR count). The maximum atomic E-state index is 12.5. The van der Waals surface area contributed by atoms with Gasteiger partial charge in [0.15, 0.2) is 11.2 Å². The SMILES string of the molecule is COc1nc2c(c(=O)n(C)c(=O)n2C)n1Cc1cccc(Br)c1. The minimum Gasteiger partial charge on any atom is -0.468 e. The normalized spacial score (nSPS) is 11.1. The molecule has 0 bridgehead atoms. The largest absolute Gasteiger partial charge is 0.468 e. The van der Waals surface area contributed by atoms with Crippen LogP contribution in [0.5, 0.6) is 6.01 Å². The summed E-state index contributed by atoms with van der Waals surface area (Å²) in [7, 11) is 4.52. The molecule has 0 atom stereocenters. The van der Waals surface area contributed by atoms with Crippen molar-refractivity contribution in [3.05, 3.63) is 55.1 Å². The molecule has 0 fully saturated rings. The number of benzene rings is 1. The van der Waals surface area contributed by atoms with Crippen LogP contribution in [-0.2, 0) is 20.6 Å². The average molecular weight is 379 g/mol. The van der Waals surface area contributed by atoms with Crippen LogP contribution < -0.4 is 16.0 Å². The van der Waals surface area contributed by atoms with E-state index in [4.69, 9.17) is 4.74 Å². The number of hydrogen-bond donors (Lipinski definition) is 0. The van der Waals surface area contributed by atoms with Gasteiger partial charge in [0.05, 0.1) is 13.7 Å². The van der Waals surface area contributed by atoms with Crippen molar-refractivity contribution in [3.8, 4) is 6.01 Å². The van der Waals surface area contributed by atoms with E-state index in [1.165, 1.54) is 18.7 Å². The van der Waals surface area contributed by atoms with Crippen LogP contribution in [-0.4, -0.2) is 25.8 Å². The van der Waals surface area contributed by atoms with Gasteiger partial charge >= 0.3 is 5.69 Å². The van der Waals surface area contributed by atoms with Gasteiger partial charge in [-0.15, -0.1) is 0 Å². The predicted octanol–water partition coefficient (Wildman–Crippen LogP) is 1.25. The summed E-state index contributed by atoms with van der Waals surface area (Å²) in [5.74, 6) is 0. The fourth-order valence-electron chi connectivity index (χ4n) is 2.55. The van der Waals surface area contributed by atoms with E-state index in [9.17, 15) is 9.59 Å². The van der Waals surface area contributed by atoms with E-state index in [2.05, 4.69) is 20.9 Å². The molecule has 0 amide bonds. The van der Waals surface area contributed by atoms with Crippen LogP contribution in [0.4, 0.5) is 0 Å². The summed E-state index contributed by atoms with van der Waals surface area (Å²) in [6.07, 6.45) is 0. The van der Waals surface area contributed by atoms with Gasteiger partial charge in [-0.3, -0.25) is 18.5 Å². The highest BCUT2D eigenvalue weighted by atomic mass is 79.9. The van der Waals surface area contributed by atoms with Crippen LogP contribution in [0.3, 0.4) is 0 Å². The molecule has 7 nitrogen and oxygen atoms in total. The van der Waals surface area contributed by atoms with E-state index in [-0.39, 0.29) is 0 Å². The van der Waals surface area contributed by atoms with Gasteiger partial charge in [0.1, 0.15) is 0 Å². The van der Waals surface area contributed by atoms with Gasteiger partial charge < -0.3 is 4.74 Å². The lowest BCUT2D eigenvalue weighted by atomic mass is 10.2. The van der Waals surface area contributed by atoms with E-state index >= 15 is 0 Å². The van der Waals surface area contributed by atoms with Gasteiger partial charge in [-0.25, -0.2) is 4.79 Å². The molecule has 0 N–H and O–H groups in total. The first-order valence-electron chi connectivity index (χ1n) is 6.88. The first kappa shape index (κ1) is 15.5. The lowest BCUT2D eigenvalue weighted by Gasteiger charge is -2.09. The number of nitrogens with zero attached hydrogens (tertiary/aromatic N) is 4. The monoisotopic (exact) mass is 378 g/mol. The first-order valence-corrected chi connectivity index (χ1v) is 7.68. The number of hydrogen-bond acceptors (Lipinski definition) is 4. The molecule has 0 aliphatic rings. The minimum atomic E-state index is -0.419. The lowest BCUT2D eigenvalue weighted by molar-refractivity contribution is 0.364. The zero-order chi connectivity index (χ0) is 16.7. The maximum absolute atomic E-state index is 12.5. The van der Waals surface area contributed by atoms with E-state index in [1.54, 1.807) is 11.6 Å². The zero-order valence-electron chi connectivity index (χ0n) is 12.9. The first-order chi connectivity index (χ1) is 10.9. The van der Waals surface area contributed by atoms with Crippen molar-refractivity contribution in [2.75, 3.05) is 7.11 Å². The van der Waals surface area contributed by atoms with Crippen LogP contribution in [0.25, 0.3) is 11.2 Å². The Morgan fingerprint density at radius 3 is 2.61 bits per heavy atom. The van der Waals surface area contributed by atoms with E-state index in [1.807, 2.05) is 24.3 Å². The van der Waals surface area contributed by atoms with Gasteiger partial charge in [0.25, 0.3) is 11.6 Å². The fraction of sp³-hybridized carbons (Fsp3) is 0.267. The summed E-state index contributed by atoms with van der Waals surface area (Å²) in [6.45, 7) is 0.409. The van der Waals surface area contributed by atoms with Crippen molar-refractivity contribution in [3.63, 3.8) is 0 Å². The fourth-order valence-corrected chi connectivity index (χ4v) is 2.99. The lowest BCUT2D eigenvalue weighted by Crippen LogP contribution is -2.37. The quantitative estimate of drug-likeness (QED) is 0.687. The standard InChI is InChI=1S/C15H15BrN4O3/c1-18-12-11(13(21)19(2)15(18)22)20(14(17-12)23-3)8-9-5-4-6-10(16)7-9/h4-7H,8H2,1-3H3. The number of methoxy groups -OCH3 is 1. The van der Waals surface area contributed by atoms with Gasteiger partial charge in [0.2, 0.25) is 0 Å². The number of ether oxygens (including phenoxy) is 1. The Morgan fingerprint density at radius 1 is 1.22 bits per heavy atom. The highest BCUT2D eigenvalue weighted by Gasteiger charge is 2.19. The zero-order valence-corrected chi connectivity index (χ0v) is 14.5. The Balaban J connectivity index is 2.31. The van der Waals surface area contributed by atoms with Gasteiger partial charge in [-0.2, -0.15) is 4.98 Å². The third kappa shape index (κ3) is 2.48. The van der Waals surface area contributed by atoms with Crippen LogP contribution in [0.1, 0.15) is 5.56 Å². The van der Waals surface area contributed by atoms with Crippen molar-refractivity contribution >= 4 is 27.1 Å². The Bertz CT molecular complexity index is 1020. The number of halogens is 1. The number of fused-ring (bicyclic) bond motifs is 1. The molecule has 0 aliphatic heterocycles. The topological polar surface area (TPSA) is 71.1 Å². The molecule has 3 aromatic rings. The Kier molecular flexibility index (Phi) is 3.85. The number of aryl methyl sites for hydroxylation is 1. The summed E-state index contributed by atoms with van der Waals surface area (Å²) < 4.78 is 10.3. The second-order valence-electron chi connectivity index (χ2n) is 5.19. The molecule has 2 aromatic heterocycles. The molecule has 120 valence electrons. The summed E-state index contributed by atoms with van der Waals surface area (Å²) in [5.41, 5.74) is 0.815. The smallest absolute Gasteiger partial charge is 0.332 e. The van der Waals surface area contributed by atoms with Crippen LogP contribution in [0.2, 0.25) is 0 Å². The Labute approximate surface area is 139 Å². The van der Waals surface area contributed by atoms with Crippen molar-refractivity contribution < 1.29 is 4.74 Å². The van der Waals surface area contributed by atoms with Crippen molar-refractivity contribution in [2.24, 2.45) is 14.1 Å². The van der Waals surface area contributed by atoms with Crippen molar-refractivity contribution in [1.82, 2.24) is 18.7 Å². The molecule has 0 radical (unpaired) electrons. The Morgan fingerprint density at radius 2 is 1.96 bits per heavy atom. The molecule has 0 saturated heterocycles. The second-order valence-corrected chi connectivity index (χ2v) is 6.11. The molecular weight excluding hydrogens is 364 g/mol. The minimum absolute atomic E-state index is 0.290. The number of aromatic nitrogens is 4. The highest BCUT2D eigenvalue weighted by molar-refractivity contribution is 9.10. The van der Waals surface area contributed by atoms with Crippen molar-refractivity contribution in [1.29, 1.82) is 0 Å². The summed E-state index contributed by atoms with van der Waals surface area (Å²) in [4.78, 5) is 28.9. The molecule has 0 spiro atoms. The molecule has 2 heterocycles. The molecule has 0 unspecified atom stereocenters.